The van der Waals surface area contributed by atoms with E-state index in [1.807, 2.05) is 56.3 Å². The average molecular weight is 456 g/mol. The third kappa shape index (κ3) is 4.94. The zero-order valence-electron chi connectivity index (χ0n) is 17.8. The first-order chi connectivity index (χ1) is 15.0. The minimum Gasteiger partial charge on any atom is -0.495 e. The maximum atomic E-state index is 13.2. The fraction of sp³-hybridized carbons (Fsp3) is 0.250. The van der Waals surface area contributed by atoms with E-state index in [2.05, 4.69) is 6.58 Å². The van der Waals surface area contributed by atoms with Gasteiger partial charge in [0.05, 0.1) is 30.9 Å². The SMILES string of the molecule is C=CCc1cc(/C=C2/SC(=S)N(c3ccccc3OC)C2=O)cc(OCC)c1OCC. The molecule has 1 saturated heterocycles. The lowest BCUT2D eigenvalue weighted by atomic mass is 10.0. The Balaban J connectivity index is 2.02. The zero-order chi connectivity index (χ0) is 22.4. The van der Waals surface area contributed by atoms with Gasteiger partial charge in [-0.25, -0.2) is 0 Å². The Bertz CT molecular complexity index is 1030. The zero-order valence-corrected chi connectivity index (χ0v) is 19.5. The van der Waals surface area contributed by atoms with Crippen LogP contribution in [0.4, 0.5) is 5.69 Å². The van der Waals surface area contributed by atoms with Gasteiger partial charge in [-0.3, -0.25) is 9.69 Å². The summed E-state index contributed by atoms with van der Waals surface area (Å²) in [4.78, 5) is 15.2. The Morgan fingerprint density at radius 2 is 1.87 bits per heavy atom. The van der Waals surface area contributed by atoms with Crippen LogP contribution in [0.1, 0.15) is 25.0 Å². The van der Waals surface area contributed by atoms with Crippen molar-refractivity contribution in [1.29, 1.82) is 0 Å². The van der Waals surface area contributed by atoms with Crippen molar-refractivity contribution in [3.8, 4) is 17.2 Å². The van der Waals surface area contributed by atoms with Crippen LogP contribution in [0.3, 0.4) is 0 Å². The van der Waals surface area contributed by atoms with Crippen molar-refractivity contribution in [3.63, 3.8) is 0 Å². The van der Waals surface area contributed by atoms with Crippen LogP contribution in [0.25, 0.3) is 6.08 Å². The molecule has 0 bridgehead atoms. The molecule has 1 aliphatic rings. The predicted molar refractivity (Wildman–Crippen MR) is 131 cm³/mol. The number of amides is 1. The number of ether oxygens (including phenoxy) is 3. The van der Waals surface area contributed by atoms with Crippen molar-refractivity contribution in [2.24, 2.45) is 0 Å². The summed E-state index contributed by atoms with van der Waals surface area (Å²) >= 11 is 6.77. The molecule has 0 unspecified atom stereocenters. The van der Waals surface area contributed by atoms with E-state index in [0.717, 1.165) is 11.1 Å². The molecule has 162 valence electrons. The Morgan fingerprint density at radius 1 is 1.13 bits per heavy atom. The number of allylic oxidation sites excluding steroid dienone is 1. The van der Waals surface area contributed by atoms with Gasteiger partial charge in [0.1, 0.15) is 5.75 Å². The van der Waals surface area contributed by atoms with Gasteiger partial charge >= 0.3 is 0 Å². The molecule has 5 nitrogen and oxygen atoms in total. The second kappa shape index (κ2) is 10.5. The molecule has 0 spiro atoms. The molecule has 0 saturated carbocycles. The summed E-state index contributed by atoms with van der Waals surface area (Å²) in [6, 6.07) is 11.2. The van der Waals surface area contributed by atoms with Gasteiger partial charge in [-0.15, -0.1) is 6.58 Å². The number of nitrogens with zero attached hydrogens (tertiary/aromatic N) is 1. The molecule has 3 rings (SSSR count). The molecule has 0 N–H and O–H groups in total. The number of carbonyl (C=O) groups excluding carboxylic acids is 1. The second-order valence-electron chi connectivity index (χ2n) is 6.56. The number of carbonyl (C=O) groups is 1. The number of thioether (sulfide) groups is 1. The lowest BCUT2D eigenvalue weighted by molar-refractivity contribution is -0.113. The van der Waals surface area contributed by atoms with Gasteiger partial charge in [0.25, 0.3) is 5.91 Å². The lowest BCUT2D eigenvalue weighted by Gasteiger charge is -2.17. The van der Waals surface area contributed by atoms with Crippen LogP contribution in [-0.4, -0.2) is 30.6 Å². The predicted octanol–water partition coefficient (Wildman–Crippen LogP) is 5.63. The van der Waals surface area contributed by atoms with Gasteiger partial charge in [-0.2, -0.15) is 0 Å². The first kappa shape index (κ1) is 22.9. The molecule has 2 aromatic rings. The summed E-state index contributed by atoms with van der Waals surface area (Å²) < 4.78 is 17.5. The largest absolute Gasteiger partial charge is 0.495 e. The quantitative estimate of drug-likeness (QED) is 0.278. The molecule has 0 radical (unpaired) electrons. The van der Waals surface area contributed by atoms with Crippen LogP contribution >= 0.6 is 24.0 Å². The number of hydrogen-bond acceptors (Lipinski definition) is 6. The van der Waals surface area contributed by atoms with Crippen LogP contribution in [-0.2, 0) is 11.2 Å². The van der Waals surface area contributed by atoms with Crippen LogP contribution in [0, 0.1) is 0 Å². The Morgan fingerprint density at radius 3 is 2.55 bits per heavy atom. The molecule has 31 heavy (non-hydrogen) atoms. The van der Waals surface area contributed by atoms with E-state index in [0.29, 0.717) is 51.8 Å². The van der Waals surface area contributed by atoms with Gasteiger partial charge in [0.2, 0.25) is 0 Å². The van der Waals surface area contributed by atoms with Crippen molar-refractivity contribution in [3.05, 3.63) is 65.1 Å². The number of rotatable bonds is 9. The third-order valence-corrected chi connectivity index (χ3v) is 5.83. The number of hydrogen-bond donors (Lipinski definition) is 0. The highest BCUT2D eigenvalue weighted by Gasteiger charge is 2.35. The highest BCUT2D eigenvalue weighted by molar-refractivity contribution is 8.27. The molecule has 1 amide bonds. The Labute approximate surface area is 192 Å². The molecule has 1 fully saturated rings. The van der Waals surface area contributed by atoms with E-state index >= 15 is 0 Å². The minimum atomic E-state index is -0.184. The summed E-state index contributed by atoms with van der Waals surface area (Å²) in [5.74, 6) is 1.77. The van der Waals surface area contributed by atoms with E-state index < -0.39 is 0 Å². The van der Waals surface area contributed by atoms with Crippen molar-refractivity contribution >= 4 is 46.0 Å². The molecule has 0 atom stereocenters. The van der Waals surface area contributed by atoms with Gasteiger partial charge in [0.15, 0.2) is 15.8 Å². The number of thiocarbonyl (C=S) groups is 1. The second-order valence-corrected chi connectivity index (χ2v) is 8.23. The van der Waals surface area contributed by atoms with Gasteiger partial charge in [-0.1, -0.05) is 42.2 Å². The lowest BCUT2D eigenvalue weighted by Crippen LogP contribution is -2.27. The topological polar surface area (TPSA) is 48.0 Å². The smallest absolute Gasteiger partial charge is 0.270 e. The minimum absolute atomic E-state index is 0.184. The fourth-order valence-corrected chi connectivity index (χ4v) is 4.57. The molecule has 7 heteroatoms. The molecule has 2 aromatic carbocycles. The van der Waals surface area contributed by atoms with Crippen molar-refractivity contribution in [1.82, 2.24) is 0 Å². The summed E-state index contributed by atoms with van der Waals surface area (Å²) in [6.45, 7) is 8.74. The van der Waals surface area contributed by atoms with Gasteiger partial charge in [-0.05, 0) is 56.2 Å². The normalized spacial score (nSPS) is 14.8. The number of anilines is 1. The number of para-hydroxylation sites is 2. The average Bonchev–Trinajstić information content (AvgIpc) is 3.03. The summed E-state index contributed by atoms with van der Waals surface area (Å²) in [7, 11) is 1.57. The highest BCUT2D eigenvalue weighted by Crippen LogP contribution is 2.41. The van der Waals surface area contributed by atoms with Crippen molar-refractivity contribution in [2.45, 2.75) is 20.3 Å². The van der Waals surface area contributed by atoms with E-state index in [4.69, 9.17) is 26.4 Å². The molecular weight excluding hydrogens is 430 g/mol. The molecular formula is C24H25NO4S2. The first-order valence-corrected chi connectivity index (χ1v) is 11.2. The Kier molecular flexibility index (Phi) is 7.76. The molecule has 1 heterocycles. The highest BCUT2D eigenvalue weighted by atomic mass is 32.2. The third-order valence-electron chi connectivity index (χ3n) is 4.52. The molecule has 0 aliphatic carbocycles. The standard InChI is InChI=1S/C24H25NO4S2/c1-5-10-17-13-16(14-20(28-6-2)22(17)29-7-3)15-21-23(26)25(24(30)31-21)18-11-8-9-12-19(18)27-4/h5,8-9,11-15H,1,6-7,10H2,2-4H3/b21-15+. The maximum absolute atomic E-state index is 13.2. The summed E-state index contributed by atoms with van der Waals surface area (Å²) in [6.07, 6.45) is 4.28. The maximum Gasteiger partial charge on any atom is 0.270 e. The van der Waals surface area contributed by atoms with Crippen LogP contribution in [0.15, 0.2) is 54.0 Å². The van der Waals surface area contributed by atoms with E-state index in [1.54, 1.807) is 13.2 Å². The van der Waals surface area contributed by atoms with Crippen LogP contribution in [0.5, 0.6) is 17.2 Å². The fourth-order valence-electron chi connectivity index (χ4n) is 3.29. The summed E-state index contributed by atoms with van der Waals surface area (Å²) in [5, 5.41) is 0. The van der Waals surface area contributed by atoms with Gasteiger partial charge in [0, 0.05) is 5.56 Å². The first-order valence-electron chi connectivity index (χ1n) is 9.98. The Hall–Kier alpha value is -2.77. The number of methoxy groups -OCH3 is 1. The monoisotopic (exact) mass is 455 g/mol. The van der Waals surface area contributed by atoms with E-state index in [9.17, 15) is 4.79 Å². The number of benzene rings is 2. The van der Waals surface area contributed by atoms with Crippen molar-refractivity contribution in [2.75, 3.05) is 25.2 Å². The summed E-state index contributed by atoms with van der Waals surface area (Å²) in [5.41, 5.74) is 2.42. The van der Waals surface area contributed by atoms with Crippen LogP contribution in [0.2, 0.25) is 0 Å². The van der Waals surface area contributed by atoms with E-state index in [-0.39, 0.29) is 5.91 Å². The van der Waals surface area contributed by atoms with Crippen molar-refractivity contribution < 1.29 is 19.0 Å². The van der Waals surface area contributed by atoms with Gasteiger partial charge < -0.3 is 14.2 Å². The molecule has 0 aromatic heterocycles. The molecule has 1 aliphatic heterocycles. The van der Waals surface area contributed by atoms with E-state index in [1.165, 1.54) is 16.7 Å². The van der Waals surface area contributed by atoms with Crippen LogP contribution < -0.4 is 19.1 Å².